The van der Waals surface area contributed by atoms with Crippen LogP contribution >= 0.6 is 11.3 Å². The molecule has 4 rings (SSSR count). The lowest BCUT2D eigenvalue weighted by atomic mass is 10.0. The minimum absolute atomic E-state index is 0.0841. The molecule has 5 nitrogen and oxygen atoms in total. The Morgan fingerprint density at radius 2 is 1.81 bits per heavy atom. The van der Waals surface area contributed by atoms with Gasteiger partial charge in [-0.3, -0.25) is 9.59 Å². The fourth-order valence-corrected chi connectivity index (χ4v) is 4.13. The molecule has 0 bridgehead atoms. The number of thiazole rings is 1. The Morgan fingerprint density at radius 3 is 2.61 bits per heavy atom. The molecule has 0 aliphatic carbocycles. The first kappa shape index (κ1) is 20.8. The number of rotatable bonds is 7. The summed E-state index contributed by atoms with van der Waals surface area (Å²) in [7, 11) is 1.53. The molecule has 0 unspecified atom stereocenters. The van der Waals surface area contributed by atoms with Gasteiger partial charge in [-0.25, -0.2) is 4.98 Å². The van der Waals surface area contributed by atoms with Crippen molar-refractivity contribution >= 4 is 38.9 Å². The first-order valence-corrected chi connectivity index (χ1v) is 10.8. The molecule has 1 aromatic heterocycles. The molecule has 0 saturated heterocycles. The van der Waals surface area contributed by atoms with Crippen molar-refractivity contribution in [3.05, 3.63) is 77.2 Å². The number of methoxy groups -OCH3 is 1. The predicted octanol–water partition coefficient (Wildman–Crippen LogP) is 5.88. The van der Waals surface area contributed by atoms with E-state index >= 15 is 0 Å². The van der Waals surface area contributed by atoms with E-state index in [9.17, 15) is 9.59 Å². The van der Waals surface area contributed by atoms with E-state index < -0.39 is 0 Å². The molecule has 3 aromatic carbocycles. The van der Waals surface area contributed by atoms with Crippen LogP contribution in [-0.2, 0) is 4.79 Å². The van der Waals surface area contributed by atoms with Crippen LogP contribution in [0.2, 0.25) is 0 Å². The van der Waals surface area contributed by atoms with Crippen LogP contribution in [0.15, 0.2) is 66.0 Å². The summed E-state index contributed by atoms with van der Waals surface area (Å²) >= 11 is 1.37. The van der Waals surface area contributed by atoms with Crippen molar-refractivity contribution in [3.63, 3.8) is 0 Å². The molecule has 0 saturated carbocycles. The normalized spacial score (nSPS) is 10.8. The molecule has 0 spiro atoms. The molecule has 4 aromatic rings. The topological polar surface area (TPSA) is 68.3 Å². The third kappa shape index (κ3) is 4.81. The van der Waals surface area contributed by atoms with Crippen molar-refractivity contribution in [2.75, 3.05) is 12.4 Å². The maximum atomic E-state index is 12.6. The lowest BCUT2D eigenvalue weighted by Crippen LogP contribution is -2.13. The van der Waals surface area contributed by atoms with Crippen molar-refractivity contribution in [1.82, 2.24) is 4.98 Å². The Kier molecular flexibility index (Phi) is 6.09. The van der Waals surface area contributed by atoms with E-state index in [0.717, 1.165) is 22.2 Å². The number of aryl methyl sites for hydroxylation is 1. The predicted molar refractivity (Wildman–Crippen MR) is 125 cm³/mol. The molecular weight excluding hydrogens is 408 g/mol. The lowest BCUT2D eigenvalue weighted by Gasteiger charge is -2.08. The second-order valence-electron chi connectivity index (χ2n) is 7.27. The second-order valence-corrected chi connectivity index (χ2v) is 8.13. The molecule has 31 heavy (non-hydrogen) atoms. The number of ether oxygens (including phenoxy) is 1. The van der Waals surface area contributed by atoms with E-state index in [2.05, 4.69) is 34.6 Å². The summed E-state index contributed by atoms with van der Waals surface area (Å²) in [5.41, 5.74) is 3.28. The highest BCUT2D eigenvalue weighted by Gasteiger charge is 2.15. The van der Waals surface area contributed by atoms with Crippen LogP contribution in [0, 0.1) is 6.92 Å². The number of nitrogens with zero attached hydrogens (tertiary/aromatic N) is 1. The van der Waals surface area contributed by atoms with Gasteiger partial charge in [-0.15, -0.1) is 11.3 Å². The number of benzene rings is 3. The second kappa shape index (κ2) is 9.10. The molecule has 0 atom stereocenters. The maximum absolute atomic E-state index is 12.6. The van der Waals surface area contributed by atoms with Crippen LogP contribution in [0.1, 0.15) is 28.8 Å². The van der Waals surface area contributed by atoms with E-state index in [1.807, 2.05) is 36.6 Å². The third-order valence-electron chi connectivity index (χ3n) is 5.03. The van der Waals surface area contributed by atoms with Crippen LogP contribution in [0.25, 0.3) is 22.0 Å². The van der Waals surface area contributed by atoms with Gasteiger partial charge in [0.05, 0.1) is 18.4 Å². The summed E-state index contributed by atoms with van der Waals surface area (Å²) in [5, 5.41) is 7.56. The monoisotopic (exact) mass is 430 g/mol. The van der Waals surface area contributed by atoms with E-state index in [0.29, 0.717) is 16.4 Å². The van der Waals surface area contributed by atoms with Gasteiger partial charge in [-0.2, -0.15) is 0 Å². The van der Waals surface area contributed by atoms with Gasteiger partial charge in [-0.05, 0) is 35.9 Å². The third-order valence-corrected chi connectivity index (χ3v) is 5.79. The molecule has 1 N–H and O–H groups in total. The van der Waals surface area contributed by atoms with E-state index in [1.54, 1.807) is 12.1 Å². The summed E-state index contributed by atoms with van der Waals surface area (Å²) in [6.45, 7) is 1.92. The van der Waals surface area contributed by atoms with E-state index in [-0.39, 0.29) is 24.5 Å². The molecule has 1 heterocycles. The number of amides is 1. The highest BCUT2D eigenvalue weighted by atomic mass is 32.1. The summed E-state index contributed by atoms with van der Waals surface area (Å²) < 4.78 is 5.27. The number of hydrogen-bond acceptors (Lipinski definition) is 5. The van der Waals surface area contributed by atoms with Crippen molar-refractivity contribution in [2.24, 2.45) is 0 Å². The fraction of sp³-hybridized carbons (Fsp3) is 0.160. The number of carbonyl (C=O) groups is 2. The molecule has 6 heteroatoms. The van der Waals surface area contributed by atoms with Gasteiger partial charge in [0.25, 0.3) is 0 Å². The molecule has 0 aliphatic heterocycles. The molecule has 1 amide bonds. The number of nitrogens with one attached hydrogen (secondary N) is 1. The van der Waals surface area contributed by atoms with Crippen molar-refractivity contribution in [1.29, 1.82) is 0 Å². The van der Waals surface area contributed by atoms with Crippen LogP contribution < -0.4 is 10.1 Å². The Bertz CT molecular complexity index is 1260. The van der Waals surface area contributed by atoms with Crippen LogP contribution in [0.5, 0.6) is 5.75 Å². The number of hydrogen-bond donors (Lipinski definition) is 1. The van der Waals surface area contributed by atoms with Gasteiger partial charge >= 0.3 is 0 Å². The van der Waals surface area contributed by atoms with E-state index in [1.165, 1.54) is 23.8 Å². The summed E-state index contributed by atoms with van der Waals surface area (Å²) in [6.07, 6.45) is 0.190. The lowest BCUT2D eigenvalue weighted by molar-refractivity contribution is -0.116. The first-order chi connectivity index (χ1) is 15.0. The van der Waals surface area contributed by atoms with Crippen LogP contribution in [-0.4, -0.2) is 23.8 Å². The zero-order valence-electron chi connectivity index (χ0n) is 17.3. The van der Waals surface area contributed by atoms with Crippen molar-refractivity contribution in [3.8, 4) is 17.0 Å². The SMILES string of the molecule is COc1ccc(C)cc1C(=O)CCC(=O)Nc1nc(-c2ccc3ccccc3c2)cs1. The average molecular weight is 431 g/mol. The quantitative estimate of drug-likeness (QED) is 0.372. The minimum Gasteiger partial charge on any atom is -0.496 e. The summed E-state index contributed by atoms with van der Waals surface area (Å²) in [6, 6.07) is 19.8. The Morgan fingerprint density at radius 1 is 1.00 bits per heavy atom. The largest absolute Gasteiger partial charge is 0.496 e. The Balaban J connectivity index is 1.39. The zero-order chi connectivity index (χ0) is 21.8. The first-order valence-electron chi connectivity index (χ1n) is 9.96. The van der Waals surface area contributed by atoms with Gasteiger partial charge in [0.15, 0.2) is 10.9 Å². The Hall–Kier alpha value is -3.51. The average Bonchev–Trinajstić information content (AvgIpc) is 3.25. The summed E-state index contributed by atoms with van der Waals surface area (Å²) in [5.74, 6) is 0.169. The molecule has 156 valence electrons. The van der Waals surface area contributed by atoms with Crippen LogP contribution in [0.4, 0.5) is 5.13 Å². The smallest absolute Gasteiger partial charge is 0.226 e. The number of fused-ring (bicyclic) bond motifs is 1. The van der Waals surface area contributed by atoms with Gasteiger partial charge in [-0.1, -0.05) is 48.0 Å². The highest BCUT2D eigenvalue weighted by molar-refractivity contribution is 7.14. The zero-order valence-corrected chi connectivity index (χ0v) is 18.2. The standard InChI is InChI=1S/C25H22N2O3S/c1-16-7-11-23(30-2)20(13-16)22(28)10-12-24(29)27-25-26-21(15-31-25)19-9-8-17-5-3-4-6-18(17)14-19/h3-9,11,13-15H,10,12H2,1-2H3,(H,26,27,29). The van der Waals surface area contributed by atoms with Gasteiger partial charge in [0.2, 0.25) is 5.91 Å². The van der Waals surface area contributed by atoms with Crippen molar-refractivity contribution in [2.45, 2.75) is 19.8 Å². The fourth-order valence-electron chi connectivity index (χ4n) is 3.40. The number of carbonyl (C=O) groups excluding carboxylic acids is 2. The maximum Gasteiger partial charge on any atom is 0.226 e. The van der Waals surface area contributed by atoms with E-state index in [4.69, 9.17) is 4.74 Å². The Labute approximate surface area is 184 Å². The molecule has 0 radical (unpaired) electrons. The van der Waals surface area contributed by atoms with Gasteiger partial charge in [0, 0.05) is 23.8 Å². The molecular formula is C25H22N2O3S. The number of Topliss-reactive ketones (excluding diaryl/α,β-unsaturated/α-hetero) is 1. The number of ketones is 1. The number of aromatic nitrogens is 1. The molecule has 0 aliphatic rings. The number of anilines is 1. The van der Waals surface area contributed by atoms with Gasteiger partial charge < -0.3 is 10.1 Å². The van der Waals surface area contributed by atoms with Crippen LogP contribution in [0.3, 0.4) is 0 Å². The van der Waals surface area contributed by atoms with Gasteiger partial charge in [0.1, 0.15) is 5.75 Å². The minimum atomic E-state index is -0.237. The summed E-state index contributed by atoms with van der Waals surface area (Å²) in [4.78, 5) is 29.5. The van der Waals surface area contributed by atoms with Crippen molar-refractivity contribution < 1.29 is 14.3 Å². The highest BCUT2D eigenvalue weighted by Crippen LogP contribution is 2.28. The molecule has 0 fully saturated rings.